The molecule has 0 spiro atoms. The van der Waals surface area contributed by atoms with Crippen LogP contribution >= 0.6 is 23.5 Å². The summed E-state index contributed by atoms with van der Waals surface area (Å²) < 4.78 is 4.33. The lowest BCUT2D eigenvalue weighted by Crippen LogP contribution is -2.26. The van der Waals surface area contributed by atoms with Crippen LogP contribution in [0, 0.1) is 10.8 Å². The van der Waals surface area contributed by atoms with E-state index in [2.05, 4.69) is 4.74 Å². The van der Waals surface area contributed by atoms with Gasteiger partial charge in [0.25, 0.3) is 0 Å². The van der Waals surface area contributed by atoms with Gasteiger partial charge < -0.3 is 4.74 Å². The highest BCUT2D eigenvalue weighted by atomic mass is 32.2. The lowest BCUT2D eigenvalue weighted by atomic mass is 10.5. The molecule has 1 rings (SSSR count). The number of thioether (sulfide) groups is 2. The van der Waals surface area contributed by atoms with Crippen molar-refractivity contribution in [3.05, 3.63) is 0 Å². The molecular formula is C8H12N2O4S2. The number of nitrogens with one attached hydrogen (secondary N) is 2. The van der Waals surface area contributed by atoms with Gasteiger partial charge in [-0.05, 0) is 6.92 Å². The predicted molar refractivity (Wildman–Crippen MR) is 62.2 cm³/mol. The molecule has 1 heterocycles. The second-order valence-corrected chi connectivity index (χ2v) is 5.62. The Bertz CT molecular complexity index is 266. The van der Waals surface area contributed by atoms with Gasteiger partial charge in [0.2, 0.25) is 12.2 Å². The summed E-state index contributed by atoms with van der Waals surface area (Å²) in [7, 11) is 1.44. The molecule has 0 aliphatic carbocycles. The highest BCUT2D eigenvalue weighted by molar-refractivity contribution is 8.22. The zero-order valence-corrected chi connectivity index (χ0v) is 10.5. The molecular weight excluding hydrogens is 252 g/mol. The molecule has 0 radical (unpaired) electrons. The molecule has 0 aromatic carbocycles. The van der Waals surface area contributed by atoms with Crippen LogP contribution in [0.1, 0.15) is 6.92 Å². The Morgan fingerprint density at radius 3 is 1.81 bits per heavy atom. The largest absolute Gasteiger partial charge is 0.467 e. The van der Waals surface area contributed by atoms with Gasteiger partial charge in [-0.1, -0.05) is 0 Å². The third-order valence-electron chi connectivity index (χ3n) is 1.39. The van der Waals surface area contributed by atoms with E-state index in [1.54, 1.807) is 23.5 Å². The van der Waals surface area contributed by atoms with Gasteiger partial charge in [0, 0.05) is 11.5 Å². The van der Waals surface area contributed by atoms with Crippen LogP contribution < -0.4 is 0 Å². The van der Waals surface area contributed by atoms with Crippen LogP contribution in [0.2, 0.25) is 0 Å². The van der Waals surface area contributed by atoms with Crippen LogP contribution in [0.15, 0.2) is 0 Å². The summed E-state index contributed by atoms with van der Waals surface area (Å²) in [5.41, 5.74) is 0. The molecule has 1 fully saturated rings. The van der Waals surface area contributed by atoms with Crippen molar-refractivity contribution in [1.29, 1.82) is 10.8 Å². The number of carbonyl (C=O) groups is 1. The molecule has 1 aliphatic rings. The summed E-state index contributed by atoms with van der Waals surface area (Å²) in [5, 5.41) is 10.8. The lowest BCUT2D eigenvalue weighted by Gasteiger charge is -2.17. The molecule has 8 heteroatoms. The normalized spacial score (nSPS) is 15.1. The third-order valence-corrected chi connectivity index (χ3v) is 4.61. The fourth-order valence-electron chi connectivity index (χ4n) is 0.818. The number of ether oxygens (including phenoxy) is 1. The Balaban J connectivity index is 0. The number of hydrogen-bond acceptors (Lipinski definition) is 8. The van der Waals surface area contributed by atoms with Crippen LogP contribution in [-0.4, -0.2) is 40.8 Å². The van der Waals surface area contributed by atoms with E-state index in [0.29, 0.717) is 0 Å². The highest BCUT2D eigenvalue weighted by Crippen LogP contribution is 2.43. The number of hydrogen-bond donors (Lipinski definition) is 2. The molecule has 1 aliphatic heterocycles. The van der Waals surface area contributed by atoms with Gasteiger partial charge >= 0.3 is 5.97 Å². The van der Waals surface area contributed by atoms with E-state index >= 15 is 0 Å². The van der Waals surface area contributed by atoms with Gasteiger partial charge in [-0.3, -0.25) is 0 Å². The Morgan fingerprint density at radius 1 is 1.25 bits per heavy atom. The summed E-state index contributed by atoms with van der Waals surface area (Å²) in [6, 6.07) is 0. The fourth-order valence-corrected chi connectivity index (χ4v) is 3.50. The number of carbonyl (C=O) groups excluding carboxylic acids is 3. The van der Waals surface area contributed by atoms with Gasteiger partial charge in [-0.25, -0.2) is 25.2 Å². The molecule has 6 nitrogen and oxygen atoms in total. The van der Waals surface area contributed by atoms with Crippen molar-refractivity contribution in [2.75, 3.05) is 18.6 Å². The van der Waals surface area contributed by atoms with Gasteiger partial charge in [-0.2, -0.15) is 0 Å². The number of methoxy groups -OCH3 is 1. The SMILES string of the molecule is COC(=O)C1(C)SCCS1.N=C=O.N=C=O. The zero-order valence-electron chi connectivity index (χ0n) is 8.86. The third kappa shape index (κ3) is 7.25. The fraction of sp³-hybridized carbons (Fsp3) is 0.625. The first-order valence-corrected chi connectivity index (χ1v) is 5.93. The average Bonchev–Trinajstić information content (AvgIpc) is 2.68. The average molecular weight is 264 g/mol. The molecule has 90 valence electrons. The van der Waals surface area contributed by atoms with E-state index in [0.717, 1.165) is 23.7 Å². The van der Waals surface area contributed by atoms with Crippen molar-refractivity contribution in [3.63, 3.8) is 0 Å². The second-order valence-electron chi connectivity index (χ2n) is 2.34. The Morgan fingerprint density at radius 2 is 1.56 bits per heavy atom. The van der Waals surface area contributed by atoms with Crippen molar-refractivity contribution in [2.45, 2.75) is 11.0 Å². The summed E-state index contributed by atoms with van der Waals surface area (Å²) in [6.45, 7) is 1.92. The first-order valence-electron chi connectivity index (χ1n) is 3.96. The van der Waals surface area contributed by atoms with Crippen LogP contribution in [-0.2, 0) is 19.1 Å². The van der Waals surface area contributed by atoms with Gasteiger partial charge in [0.15, 0.2) is 4.08 Å². The minimum Gasteiger partial charge on any atom is -0.467 e. The summed E-state index contributed by atoms with van der Waals surface area (Å²) >= 11 is 3.33. The maximum absolute atomic E-state index is 11.1. The quantitative estimate of drug-likeness (QED) is 0.418. The summed E-state index contributed by atoms with van der Waals surface area (Å²) in [4.78, 5) is 27.8. The summed E-state index contributed by atoms with van der Waals surface area (Å²) in [6.07, 6.45) is 1.50. The van der Waals surface area contributed by atoms with Crippen molar-refractivity contribution in [3.8, 4) is 0 Å². The molecule has 1 saturated heterocycles. The van der Waals surface area contributed by atoms with E-state index in [1.807, 2.05) is 6.92 Å². The van der Waals surface area contributed by atoms with E-state index in [4.69, 9.17) is 20.4 Å². The Labute approximate surface area is 102 Å². The molecule has 0 amide bonds. The van der Waals surface area contributed by atoms with Crippen LogP contribution in [0.25, 0.3) is 0 Å². The van der Waals surface area contributed by atoms with E-state index in [1.165, 1.54) is 7.11 Å². The van der Waals surface area contributed by atoms with Gasteiger partial charge in [0.1, 0.15) is 0 Å². The molecule has 0 saturated carbocycles. The maximum Gasteiger partial charge on any atom is 0.331 e. The molecule has 0 bridgehead atoms. The van der Waals surface area contributed by atoms with Crippen LogP contribution in [0.4, 0.5) is 0 Å². The Kier molecular flexibility index (Phi) is 11.3. The topological polar surface area (TPSA) is 108 Å². The molecule has 16 heavy (non-hydrogen) atoms. The monoisotopic (exact) mass is 264 g/mol. The zero-order chi connectivity index (χ0) is 13.0. The van der Waals surface area contributed by atoms with Gasteiger partial charge in [-0.15, -0.1) is 23.5 Å². The first-order chi connectivity index (χ1) is 7.52. The minimum absolute atomic E-state index is 0.111. The smallest absolute Gasteiger partial charge is 0.331 e. The van der Waals surface area contributed by atoms with Crippen molar-refractivity contribution >= 4 is 41.7 Å². The Hall–Kier alpha value is -1.07. The molecule has 2 N–H and O–H groups in total. The molecule has 0 aromatic heterocycles. The molecule has 0 unspecified atom stereocenters. The van der Waals surface area contributed by atoms with Crippen molar-refractivity contribution < 1.29 is 19.1 Å². The highest BCUT2D eigenvalue weighted by Gasteiger charge is 2.39. The van der Waals surface area contributed by atoms with Crippen molar-refractivity contribution in [2.24, 2.45) is 0 Å². The van der Waals surface area contributed by atoms with Crippen LogP contribution in [0.3, 0.4) is 0 Å². The summed E-state index contributed by atoms with van der Waals surface area (Å²) in [5.74, 6) is 1.99. The predicted octanol–water partition coefficient (Wildman–Crippen LogP) is 1.16. The standard InChI is InChI=1S/C6H10O2S2.2CHNO/c1-6(5(7)8-2)9-3-4-10-6;2*2-1-3/h3-4H2,1-2H3;2*2H. The number of rotatable bonds is 1. The number of isocyanates is 2. The maximum atomic E-state index is 11.1. The first kappa shape index (κ1) is 17.3. The van der Waals surface area contributed by atoms with E-state index in [9.17, 15) is 4.79 Å². The van der Waals surface area contributed by atoms with E-state index < -0.39 is 0 Å². The van der Waals surface area contributed by atoms with Crippen LogP contribution in [0.5, 0.6) is 0 Å². The second kappa shape index (κ2) is 10.4. The van der Waals surface area contributed by atoms with E-state index in [-0.39, 0.29) is 10.0 Å². The molecule has 0 atom stereocenters. The molecule has 0 aromatic rings. The minimum atomic E-state index is -0.325. The van der Waals surface area contributed by atoms with Gasteiger partial charge in [0.05, 0.1) is 7.11 Å². The van der Waals surface area contributed by atoms with Crippen molar-refractivity contribution in [1.82, 2.24) is 0 Å². The lowest BCUT2D eigenvalue weighted by molar-refractivity contribution is -0.140. The number of esters is 1.